The zero-order valence-electron chi connectivity index (χ0n) is 29.6. The molecule has 6 aromatic carbocycles. The first-order chi connectivity index (χ1) is 26.8. The summed E-state index contributed by atoms with van der Waals surface area (Å²) in [6.07, 6.45) is 14.1. The standard InChI is InChI=1S/C50H34N4/c1-3-15-41-37(13-1)39-29-35(23-25-43(39)53(41)45-17-5-9-31-19-21-33-11-7-27-51-49(33)47(31)45)36-24-26-44-40(30-36)38-14-2-4-16-42(38)54(44)46-18-6-10-32-20-22-34-12-8-28-52-50(34)48(32)46/h1-5,7-17,19-25,27-30,44H,6,18,26H2. The average Bonchev–Trinajstić information content (AvgIpc) is 3.75. The van der Waals surface area contributed by atoms with Crippen LogP contribution < -0.4 is 15.3 Å². The number of hydrogen-bond donors (Lipinski definition) is 0. The zero-order valence-corrected chi connectivity index (χ0v) is 29.6. The molecule has 0 spiro atoms. The molecule has 0 fully saturated rings. The first-order valence-corrected chi connectivity index (χ1v) is 19.0. The summed E-state index contributed by atoms with van der Waals surface area (Å²) in [5, 5.41) is 9.82. The Bertz CT molecular complexity index is 3270. The molecule has 3 aromatic heterocycles. The smallest absolute Gasteiger partial charge is 0.0801 e. The maximum atomic E-state index is 4.92. The maximum Gasteiger partial charge on any atom is 0.0801 e. The van der Waals surface area contributed by atoms with Gasteiger partial charge in [0.15, 0.2) is 0 Å². The van der Waals surface area contributed by atoms with Gasteiger partial charge >= 0.3 is 0 Å². The van der Waals surface area contributed by atoms with Crippen LogP contribution in [-0.2, 0) is 0 Å². The first kappa shape index (κ1) is 29.8. The Hall–Kier alpha value is -6.78. The van der Waals surface area contributed by atoms with Crippen molar-refractivity contribution in [3.8, 4) is 5.69 Å². The molecule has 0 amide bonds. The molecule has 3 aliphatic rings. The molecule has 0 radical (unpaired) electrons. The van der Waals surface area contributed by atoms with Gasteiger partial charge in [-0.2, -0.15) is 0 Å². The number of allylic oxidation sites excluding steroid dienone is 2. The highest BCUT2D eigenvalue weighted by molar-refractivity contribution is 6.15. The highest BCUT2D eigenvalue weighted by atomic mass is 15.2. The second kappa shape index (κ2) is 11.4. The van der Waals surface area contributed by atoms with E-state index in [1.165, 1.54) is 82.1 Å². The third-order valence-corrected chi connectivity index (χ3v) is 12.0. The van der Waals surface area contributed by atoms with Gasteiger partial charge in [-0.1, -0.05) is 103 Å². The fourth-order valence-electron chi connectivity index (χ4n) is 9.68. The molecule has 0 saturated heterocycles. The van der Waals surface area contributed by atoms with E-state index in [9.17, 15) is 0 Å². The zero-order chi connectivity index (χ0) is 35.3. The molecule has 1 atom stereocenters. The Kier molecular flexibility index (Phi) is 6.26. The number of aromatic nitrogens is 3. The number of rotatable bonds is 3. The Morgan fingerprint density at radius 3 is 2.30 bits per heavy atom. The van der Waals surface area contributed by atoms with E-state index in [2.05, 4.69) is 149 Å². The molecule has 1 unspecified atom stereocenters. The number of para-hydroxylation sites is 2. The van der Waals surface area contributed by atoms with Crippen LogP contribution in [0.3, 0.4) is 0 Å². The SMILES string of the molecule is C1=C(c2ccc3c(c2)c2ccccc2n3-c2cccc3ccc4cccnc4c23)C=C2c3ccccc3N(C3=c4c(ccc5cccnc45)=CCC3)C2C1. The van der Waals surface area contributed by atoms with Crippen molar-refractivity contribution in [3.05, 3.63) is 180 Å². The third kappa shape index (κ3) is 4.19. The van der Waals surface area contributed by atoms with Gasteiger partial charge < -0.3 is 9.47 Å². The first-order valence-electron chi connectivity index (χ1n) is 19.0. The van der Waals surface area contributed by atoms with E-state index in [0.29, 0.717) is 0 Å². The topological polar surface area (TPSA) is 34.0 Å². The van der Waals surface area contributed by atoms with Crippen molar-refractivity contribution in [2.75, 3.05) is 4.90 Å². The van der Waals surface area contributed by atoms with E-state index >= 15 is 0 Å². The van der Waals surface area contributed by atoms with Crippen molar-refractivity contribution in [2.45, 2.75) is 25.3 Å². The van der Waals surface area contributed by atoms with E-state index in [-0.39, 0.29) is 6.04 Å². The summed E-state index contributed by atoms with van der Waals surface area (Å²) in [6.45, 7) is 0. The van der Waals surface area contributed by atoms with E-state index in [1.54, 1.807) is 0 Å². The fraction of sp³-hybridized carbons (Fsp3) is 0.0800. The quantitative estimate of drug-likeness (QED) is 0.173. The minimum absolute atomic E-state index is 0.242. The predicted molar refractivity (Wildman–Crippen MR) is 225 cm³/mol. The van der Waals surface area contributed by atoms with Crippen molar-refractivity contribution in [1.29, 1.82) is 0 Å². The Morgan fingerprint density at radius 2 is 1.35 bits per heavy atom. The molecule has 0 saturated carbocycles. The molecule has 1 aliphatic heterocycles. The highest BCUT2D eigenvalue weighted by Crippen LogP contribution is 2.48. The summed E-state index contributed by atoms with van der Waals surface area (Å²) in [6, 6.07) is 49.0. The summed E-state index contributed by atoms with van der Waals surface area (Å²) >= 11 is 0. The van der Waals surface area contributed by atoms with Crippen molar-refractivity contribution in [3.63, 3.8) is 0 Å². The van der Waals surface area contributed by atoms with Crippen LogP contribution in [0.25, 0.3) is 83.0 Å². The molecular weight excluding hydrogens is 657 g/mol. The lowest BCUT2D eigenvalue weighted by atomic mass is 9.88. The lowest BCUT2D eigenvalue weighted by Gasteiger charge is -2.33. The Morgan fingerprint density at radius 1 is 0.593 bits per heavy atom. The second-order valence-electron chi connectivity index (χ2n) is 14.8. The van der Waals surface area contributed by atoms with Gasteiger partial charge in [0.05, 0.1) is 33.8 Å². The Labute approximate surface area is 312 Å². The number of pyridine rings is 2. The maximum absolute atomic E-state index is 4.92. The molecule has 4 heterocycles. The number of nitrogens with zero attached hydrogens (tertiary/aromatic N) is 4. The van der Waals surface area contributed by atoms with Crippen LogP contribution in [0.4, 0.5) is 5.69 Å². The van der Waals surface area contributed by atoms with Gasteiger partial charge in [-0.3, -0.25) is 9.97 Å². The highest BCUT2D eigenvalue weighted by Gasteiger charge is 2.37. The van der Waals surface area contributed by atoms with Gasteiger partial charge in [-0.05, 0) is 95.1 Å². The minimum Gasteiger partial charge on any atom is -0.336 e. The van der Waals surface area contributed by atoms with Crippen LogP contribution in [0.15, 0.2) is 158 Å². The number of fused-ring (bicyclic) bond motifs is 12. The van der Waals surface area contributed by atoms with Gasteiger partial charge in [0, 0.05) is 61.5 Å². The van der Waals surface area contributed by atoms with Crippen LogP contribution in [0.5, 0.6) is 0 Å². The van der Waals surface area contributed by atoms with E-state index in [4.69, 9.17) is 9.97 Å². The summed E-state index contributed by atoms with van der Waals surface area (Å²) in [7, 11) is 0. The molecule has 4 nitrogen and oxygen atoms in total. The monoisotopic (exact) mass is 690 g/mol. The summed E-state index contributed by atoms with van der Waals surface area (Å²) in [4.78, 5) is 12.5. The van der Waals surface area contributed by atoms with Crippen molar-refractivity contribution >= 4 is 83.0 Å². The summed E-state index contributed by atoms with van der Waals surface area (Å²) in [5.74, 6) is 0. The largest absolute Gasteiger partial charge is 0.336 e. The number of anilines is 1. The van der Waals surface area contributed by atoms with Crippen LogP contribution in [0.2, 0.25) is 0 Å². The van der Waals surface area contributed by atoms with Crippen molar-refractivity contribution < 1.29 is 0 Å². The second-order valence-corrected chi connectivity index (χ2v) is 14.8. The van der Waals surface area contributed by atoms with Crippen molar-refractivity contribution in [2.24, 2.45) is 0 Å². The van der Waals surface area contributed by atoms with E-state index in [0.717, 1.165) is 41.4 Å². The van der Waals surface area contributed by atoms with Crippen LogP contribution >= 0.6 is 0 Å². The molecule has 0 N–H and O–H groups in total. The molecule has 9 aromatic rings. The molecule has 54 heavy (non-hydrogen) atoms. The molecule has 4 heteroatoms. The molecular formula is C50H34N4. The molecule has 2 aliphatic carbocycles. The van der Waals surface area contributed by atoms with Gasteiger partial charge in [-0.25, -0.2) is 0 Å². The van der Waals surface area contributed by atoms with Crippen molar-refractivity contribution in [1.82, 2.24) is 14.5 Å². The molecule has 254 valence electrons. The van der Waals surface area contributed by atoms with Gasteiger partial charge in [-0.15, -0.1) is 0 Å². The Balaban J connectivity index is 1.02. The molecule has 12 rings (SSSR count). The molecule has 0 bridgehead atoms. The number of benzene rings is 6. The van der Waals surface area contributed by atoms with E-state index in [1.807, 2.05) is 24.5 Å². The van der Waals surface area contributed by atoms with Gasteiger partial charge in [0.2, 0.25) is 0 Å². The minimum atomic E-state index is 0.242. The van der Waals surface area contributed by atoms with Crippen LogP contribution in [0, 0.1) is 0 Å². The predicted octanol–water partition coefficient (Wildman–Crippen LogP) is 10.5. The van der Waals surface area contributed by atoms with Gasteiger partial charge in [0.25, 0.3) is 0 Å². The van der Waals surface area contributed by atoms with Gasteiger partial charge in [0.1, 0.15) is 0 Å². The number of hydrogen-bond acceptors (Lipinski definition) is 3. The summed E-state index contributed by atoms with van der Waals surface area (Å²) in [5.41, 5.74) is 13.6. The van der Waals surface area contributed by atoms with E-state index < -0.39 is 0 Å². The normalized spacial score (nSPS) is 16.4. The lowest BCUT2D eigenvalue weighted by molar-refractivity contribution is 0.809. The average molecular weight is 691 g/mol. The summed E-state index contributed by atoms with van der Waals surface area (Å²) < 4.78 is 2.44. The lowest BCUT2D eigenvalue weighted by Crippen LogP contribution is -2.40. The van der Waals surface area contributed by atoms with Crippen LogP contribution in [0.1, 0.15) is 30.4 Å². The third-order valence-electron chi connectivity index (χ3n) is 12.0. The fourth-order valence-corrected chi connectivity index (χ4v) is 9.68. The van der Waals surface area contributed by atoms with Crippen LogP contribution in [-0.4, -0.2) is 20.6 Å².